The number of rotatable bonds is 6. The average molecular weight is 283 g/mol. The van der Waals surface area contributed by atoms with Gasteiger partial charge >= 0.3 is 0 Å². The summed E-state index contributed by atoms with van der Waals surface area (Å²) in [5, 5.41) is 0. The molecule has 0 aliphatic carbocycles. The van der Waals surface area contributed by atoms with Crippen LogP contribution < -0.4 is 5.73 Å². The van der Waals surface area contributed by atoms with Gasteiger partial charge in [0.25, 0.3) is 0 Å². The Kier molecular flexibility index (Phi) is 5.46. The van der Waals surface area contributed by atoms with Crippen molar-refractivity contribution in [1.82, 2.24) is 9.80 Å². The number of halogens is 2. The van der Waals surface area contributed by atoms with Gasteiger partial charge < -0.3 is 10.6 Å². The van der Waals surface area contributed by atoms with Crippen LogP contribution in [0.2, 0.25) is 0 Å². The molecule has 1 aromatic carbocycles. The van der Waals surface area contributed by atoms with Gasteiger partial charge in [-0.3, -0.25) is 4.90 Å². The average Bonchev–Trinajstić information content (AvgIpc) is 2.94. The summed E-state index contributed by atoms with van der Waals surface area (Å²) < 4.78 is 26.3. The Morgan fingerprint density at radius 1 is 1.25 bits per heavy atom. The van der Waals surface area contributed by atoms with Crippen molar-refractivity contribution in [2.45, 2.75) is 18.9 Å². The van der Waals surface area contributed by atoms with Gasteiger partial charge in [-0.25, -0.2) is 8.78 Å². The van der Waals surface area contributed by atoms with Gasteiger partial charge in [-0.15, -0.1) is 0 Å². The maximum Gasteiger partial charge on any atom is 0.159 e. The molecule has 1 aliphatic heterocycles. The summed E-state index contributed by atoms with van der Waals surface area (Å²) in [7, 11) is 1.98. The first-order chi connectivity index (χ1) is 9.61. The molecule has 0 bridgehead atoms. The normalized spacial score (nSPS) is 17.9. The fourth-order valence-corrected chi connectivity index (χ4v) is 2.75. The topological polar surface area (TPSA) is 32.5 Å². The zero-order valence-corrected chi connectivity index (χ0v) is 12.0. The van der Waals surface area contributed by atoms with Gasteiger partial charge in [0.2, 0.25) is 0 Å². The fourth-order valence-electron chi connectivity index (χ4n) is 2.75. The molecule has 2 rings (SSSR count). The molecule has 1 heterocycles. The Labute approximate surface area is 119 Å². The van der Waals surface area contributed by atoms with Gasteiger partial charge in [-0.2, -0.15) is 0 Å². The van der Waals surface area contributed by atoms with E-state index in [1.165, 1.54) is 25.0 Å². The summed E-state index contributed by atoms with van der Waals surface area (Å²) in [5.41, 5.74) is 6.54. The minimum atomic E-state index is -0.816. The number of nitrogens with two attached hydrogens (primary N) is 1. The summed E-state index contributed by atoms with van der Waals surface area (Å²) in [5.74, 6) is -1.63. The smallest absolute Gasteiger partial charge is 0.159 e. The molecule has 1 aromatic rings. The van der Waals surface area contributed by atoms with Crippen molar-refractivity contribution in [2.75, 3.05) is 39.8 Å². The van der Waals surface area contributed by atoms with Crippen molar-refractivity contribution in [2.24, 2.45) is 5.73 Å². The summed E-state index contributed by atoms with van der Waals surface area (Å²) in [6, 6.07) is 3.95. The lowest BCUT2D eigenvalue weighted by Gasteiger charge is -2.29. The van der Waals surface area contributed by atoms with Crippen LogP contribution in [0.15, 0.2) is 18.2 Å². The number of likely N-dealkylation sites (N-methyl/N-ethyl adjacent to an activating group) is 1. The molecule has 0 radical (unpaired) electrons. The second-order valence-electron chi connectivity index (χ2n) is 5.45. The molecule has 0 aromatic heterocycles. The van der Waals surface area contributed by atoms with Crippen LogP contribution in [0, 0.1) is 11.6 Å². The highest BCUT2D eigenvalue weighted by atomic mass is 19.2. The van der Waals surface area contributed by atoms with Gasteiger partial charge in [0.1, 0.15) is 0 Å². The van der Waals surface area contributed by atoms with Crippen LogP contribution in [0.4, 0.5) is 8.78 Å². The van der Waals surface area contributed by atoms with E-state index in [1.54, 1.807) is 6.07 Å². The van der Waals surface area contributed by atoms with Gasteiger partial charge in [0.05, 0.1) is 0 Å². The summed E-state index contributed by atoms with van der Waals surface area (Å²) in [6.45, 7) is 4.58. The maximum absolute atomic E-state index is 13.3. The Morgan fingerprint density at radius 3 is 2.55 bits per heavy atom. The zero-order chi connectivity index (χ0) is 14.5. The van der Waals surface area contributed by atoms with E-state index in [4.69, 9.17) is 5.73 Å². The molecular formula is C15H23F2N3. The number of hydrogen-bond donors (Lipinski definition) is 1. The van der Waals surface area contributed by atoms with Crippen molar-refractivity contribution >= 4 is 0 Å². The van der Waals surface area contributed by atoms with E-state index in [0.29, 0.717) is 6.54 Å². The summed E-state index contributed by atoms with van der Waals surface area (Å²) in [6.07, 6.45) is 2.54. The van der Waals surface area contributed by atoms with E-state index < -0.39 is 11.6 Å². The predicted molar refractivity (Wildman–Crippen MR) is 76.5 cm³/mol. The molecule has 1 atom stereocenters. The third kappa shape index (κ3) is 3.75. The van der Waals surface area contributed by atoms with Crippen LogP contribution >= 0.6 is 0 Å². The SMILES string of the molecule is CN(CCN1CCCC1)C(CN)c1ccc(F)c(F)c1. The lowest BCUT2D eigenvalue weighted by Crippen LogP contribution is -2.36. The van der Waals surface area contributed by atoms with E-state index in [-0.39, 0.29) is 6.04 Å². The van der Waals surface area contributed by atoms with Gasteiger partial charge in [-0.05, 0) is 50.7 Å². The first kappa shape index (κ1) is 15.4. The van der Waals surface area contributed by atoms with Crippen LogP contribution in [0.25, 0.3) is 0 Å². The van der Waals surface area contributed by atoms with Crippen LogP contribution in [-0.2, 0) is 0 Å². The summed E-state index contributed by atoms with van der Waals surface area (Å²) in [4.78, 5) is 4.54. The van der Waals surface area contributed by atoms with Gasteiger partial charge in [0.15, 0.2) is 11.6 Å². The standard InChI is InChI=1S/C15H23F2N3/c1-19(8-9-20-6-2-3-7-20)15(11-18)12-4-5-13(16)14(17)10-12/h4-5,10,15H,2-3,6-9,11,18H2,1H3. The van der Waals surface area contributed by atoms with E-state index in [1.807, 2.05) is 7.05 Å². The molecule has 112 valence electrons. The highest BCUT2D eigenvalue weighted by molar-refractivity contribution is 5.21. The minimum Gasteiger partial charge on any atom is -0.329 e. The van der Waals surface area contributed by atoms with E-state index in [2.05, 4.69) is 9.80 Å². The molecule has 0 spiro atoms. The maximum atomic E-state index is 13.3. The molecule has 0 saturated carbocycles. The first-order valence-corrected chi connectivity index (χ1v) is 7.19. The second kappa shape index (κ2) is 7.11. The lowest BCUT2D eigenvalue weighted by molar-refractivity contribution is 0.209. The molecular weight excluding hydrogens is 260 g/mol. The van der Waals surface area contributed by atoms with E-state index >= 15 is 0 Å². The Balaban J connectivity index is 1.96. The van der Waals surface area contributed by atoms with E-state index in [9.17, 15) is 8.78 Å². The van der Waals surface area contributed by atoms with Crippen molar-refractivity contribution in [3.63, 3.8) is 0 Å². The molecule has 3 nitrogen and oxygen atoms in total. The van der Waals surface area contributed by atoms with Gasteiger partial charge in [0, 0.05) is 25.7 Å². The fraction of sp³-hybridized carbons (Fsp3) is 0.600. The Morgan fingerprint density at radius 2 is 1.95 bits per heavy atom. The molecule has 1 saturated heterocycles. The molecule has 20 heavy (non-hydrogen) atoms. The Bertz CT molecular complexity index is 433. The van der Waals surface area contributed by atoms with Crippen molar-refractivity contribution < 1.29 is 8.78 Å². The third-order valence-electron chi connectivity index (χ3n) is 4.05. The number of benzene rings is 1. The summed E-state index contributed by atoms with van der Waals surface area (Å²) >= 11 is 0. The van der Waals surface area contributed by atoms with Crippen LogP contribution in [-0.4, -0.2) is 49.6 Å². The minimum absolute atomic E-state index is 0.0762. The molecule has 1 aliphatic rings. The highest BCUT2D eigenvalue weighted by Crippen LogP contribution is 2.20. The quantitative estimate of drug-likeness (QED) is 0.866. The zero-order valence-electron chi connectivity index (χ0n) is 12.0. The lowest BCUT2D eigenvalue weighted by atomic mass is 10.1. The van der Waals surface area contributed by atoms with Crippen LogP contribution in [0.5, 0.6) is 0 Å². The predicted octanol–water partition coefficient (Wildman–Crippen LogP) is 1.99. The second-order valence-corrected chi connectivity index (χ2v) is 5.45. The van der Waals surface area contributed by atoms with E-state index in [0.717, 1.165) is 31.7 Å². The molecule has 0 amide bonds. The van der Waals surface area contributed by atoms with Gasteiger partial charge in [-0.1, -0.05) is 6.07 Å². The van der Waals surface area contributed by atoms with Crippen LogP contribution in [0.1, 0.15) is 24.4 Å². The number of hydrogen-bond acceptors (Lipinski definition) is 3. The third-order valence-corrected chi connectivity index (χ3v) is 4.05. The van der Waals surface area contributed by atoms with Crippen molar-refractivity contribution in [1.29, 1.82) is 0 Å². The van der Waals surface area contributed by atoms with Crippen molar-refractivity contribution in [3.8, 4) is 0 Å². The molecule has 5 heteroatoms. The first-order valence-electron chi connectivity index (χ1n) is 7.19. The monoisotopic (exact) mass is 283 g/mol. The highest BCUT2D eigenvalue weighted by Gasteiger charge is 2.19. The Hall–Kier alpha value is -1.04. The number of likely N-dealkylation sites (tertiary alicyclic amines) is 1. The molecule has 1 unspecified atom stereocenters. The van der Waals surface area contributed by atoms with Crippen molar-refractivity contribution in [3.05, 3.63) is 35.4 Å². The molecule has 1 fully saturated rings. The molecule has 2 N–H and O–H groups in total. The largest absolute Gasteiger partial charge is 0.329 e. The van der Waals surface area contributed by atoms with Crippen LogP contribution in [0.3, 0.4) is 0 Å². The number of nitrogens with zero attached hydrogens (tertiary/aromatic N) is 2.